The number of nitrogens with one attached hydrogen (secondary N) is 3. The molecule has 10 heteroatoms. The molecule has 2 fully saturated rings. The number of likely N-dealkylation sites (N-methyl/N-ethyl adjacent to an activating group) is 1. The van der Waals surface area contributed by atoms with E-state index in [1.807, 2.05) is 20.8 Å². The number of amides is 5. The molecule has 3 rings (SSSR count). The molecule has 1 saturated carbocycles. The number of carbonyl (C=O) groups excluding carboxylic acids is 4. The molecule has 1 spiro atoms. The van der Waals surface area contributed by atoms with Crippen molar-refractivity contribution in [3.8, 4) is 0 Å². The quantitative estimate of drug-likeness (QED) is 0.597. The normalized spacial score (nSPS) is 25.4. The Morgan fingerprint density at radius 1 is 1.22 bits per heavy atom. The van der Waals surface area contributed by atoms with Gasteiger partial charge in [-0.2, -0.15) is 0 Å². The van der Waals surface area contributed by atoms with Crippen molar-refractivity contribution in [2.45, 2.75) is 51.6 Å². The van der Waals surface area contributed by atoms with Crippen LogP contribution in [0.5, 0.6) is 0 Å². The average Bonchev–Trinajstić information content (AvgIpc) is 2.89. The topological polar surface area (TPSA) is 108 Å². The lowest BCUT2D eigenvalue weighted by Gasteiger charge is -2.43. The smallest absolute Gasteiger partial charge is 0.325 e. The monoisotopic (exact) mass is 450 g/mol. The van der Waals surface area contributed by atoms with Crippen molar-refractivity contribution in [2.24, 2.45) is 11.3 Å². The van der Waals surface area contributed by atoms with Crippen molar-refractivity contribution in [3.63, 3.8) is 0 Å². The van der Waals surface area contributed by atoms with E-state index in [1.54, 1.807) is 0 Å². The maximum absolute atomic E-state index is 13.6. The Kier molecular flexibility index (Phi) is 6.26. The Hall–Kier alpha value is -3.04. The fraction of sp³-hybridized carbons (Fsp3) is 0.545. The summed E-state index contributed by atoms with van der Waals surface area (Å²) >= 11 is 0. The molecular formula is C22H28F2N4O4. The first-order valence-electron chi connectivity index (χ1n) is 10.5. The molecule has 1 aliphatic heterocycles. The van der Waals surface area contributed by atoms with Gasteiger partial charge < -0.3 is 16.0 Å². The van der Waals surface area contributed by atoms with Gasteiger partial charge in [-0.1, -0.05) is 26.8 Å². The summed E-state index contributed by atoms with van der Waals surface area (Å²) in [5.41, 5.74) is -1.19. The lowest BCUT2D eigenvalue weighted by Crippen LogP contribution is -2.54. The highest BCUT2D eigenvalue weighted by Crippen LogP contribution is 2.46. The fourth-order valence-corrected chi connectivity index (χ4v) is 5.14. The zero-order valence-electron chi connectivity index (χ0n) is 18.6. The Bertz CT molecular complexity index is 967. The van der Waals surface area contributed by atoms with Crippen LogP contribution in [0.4, 0.5) is 13.6 Å². The van der Waals surface area contributed by atoms with Crippen LogP contribution in [0.1, 0.15) is 51.6 Å². The highest BCUT2D eigenvalue weighted by atomic mass is 19.2. The van der Waals surface area contributed by atoms with Crippen molar-refractivity contribution < 1.29 is 28.0 Å². The highest BCUT2D eigenvalue weighted by molar-refractivity contribution is 6.09. The van der Waals surface area contributed by atoms with Crippen molar-refractivity contribution in [1.82, 2.24) is 20.9 Å². The second-order valence-corrected chi connectivity index (χ2v) is 9.55. The molecule has 3 atom stereocenters. The first kappa shape index (κ1) is 23.6. The lowest BCUT2D eigenvalue weighted by atomic mass is 9.64. The molecule has 1 saturated heterocycles. The van der Waals surface area contributed by atoms with E-state index in [1.165, 1.54) is 13.1 Å². The van der Waals surface area contributed by atoms with Crippen LogP contribution in [0, 0.1) is 23.0 Å². The maximum atomic E-state index is 13.6. The summed E-state index contributed by atoms with van der Waals surface area (Å²) in [5, 5.41) is 7.53. The largest absolute Gasteiger partial charge is 0.357 e. The minimum Gasteiger partial charge on any atom is -0.357 e. The van der Waals surface area contributed by atoms with Crippen LogP contribution in [-0.4, -0.2) is 47.8 Å². The number of rotatable bonds is 5. The predicted molar refractivity (Wildman–Crippen MR) is 111 cm³/mol. The number of hydrogen-bond donors (Lipinski definition) is 3. The summed E-state index contributed by atoms with van der Waals surface area (Å²) < 4.78 is 26.9. The number of benzene rings is 1. The van der Waals surface area contributed by atoms with Crippen LogP contribution < -0.4 is 16.0 Å². The molecule has 0 bridgehead atoms. The molecule has 5 amide bonds. The third kappa shape index (κ3) is 4.58. The van der Waals surface area contributed by atoms with Gasteiger partial charge in [-0.25, -0.2) is 13.6 Å². The van der Waals surface area contributed by atoms with Crippen LogP contribution in [0.25, 0.3) is 0 Å². The highest BCUT2D eigenvalue weighted by Gasteiger charge is 2.56. The molecular weight excluding hydrogens is 422 g/mol. The van der Waals surface area contributed by atoms with Gasteiger partial charge in [0.25, 0.3) is 5.91 Å². The number of halogens is 2. The minimum absolute atomic E-state index is 0.0214. The summed E-state index contributed by atoms with van der Waals surface area (Å²) in [4.78, 5) is 51.5. The molecule has 174 valence electrons. The Morgan fingerprint density at radius 2 is 1.91 bits per heavy atom. The number of urea groups is 1. The van der Waals surface area contributed by atoms with Gasteiger partial charge in [-0.05, 0) is 48.3 Å². The summed E-state index contributed by atoms with van der Waals surface area (Å²) in [6, 6.07) is 0.835. The zero-order chi connectivity index (χ0) is 23.8. The van der Waals surface area contributed by atoms with Crippen molar-refractivity contribution in [2.75, 3.05) is 13.6 Å². The van der Waals surface area contributed by atoms with E-state index in [2.05, 4.69) is 16.0 Å². The standard InChI is InChI=1S/C22H28F2N4O4/c1-12-8-21(2,3)11-22(9-12)19(31)28(20(32)27-22)10-16(29)26-17(18(30)25-4)13-5-6-14(23)15(24)7-13/h5-7,12,17H,8-11H2,1-4H3,(H,25,30)(H,26,29)(H,27,32). The minimum atomic E-state index is -1.33. The lowest BCUT2D eigenvalue weighted by molar-refractivity contribution is -0.138. The van der Waals surface area contributed by atoms with E-state index in [0.29, 0.717) is 12.8 Å². The van der Waals surface area contributed by atoms with Crippen LogP contribution in [0.3, 0.4) is 0 Å². The van der Waals surface area contributed by atoms with E-state index in [4.69, 9.17) is 0 Å². The van der Waals surface area contributed by atoms with Crippen molar-refractivity contribution >= 4 is 23.8 Å². The van der Waals surface area contributed by atoms with E-state index < -0.39 is 53.5 Å². The Balaban J connectivity index is 1.76. The number of nitrogens with zero attached hydrogens (tertiary/aromatic N) is 1. The molecule has 1 aliphatic carbocycles. The van der Waals surface area contributed by atoms with E-state index in [0.717, 1.165) is 23.5 Å². The molecule has 1 aromatic carbocycles. The molecule has 1 aromatic rings. The Labute approximate surface area is 185 Å². The van der Waals surface area contributed by atoms with Gasteiger partial charge in [0.05, 0.1) is 0 Å². The Morgan fingerprint density at radius 3 is 2.50 bits per heavy atom. The number of carbonyl (C=O) groups is 4. The van der Waals surface area contributed by atoms with Crippen LogP contribution in [0.2, 0.25) is 0 Å². The molecule has 1 heterocycles. The molecule has 0 aromatic heterocycles. The van der Waals surface area contributed by atoms with Gasteiger partial charge in [-0.3, -0.25) is 19.3 Å². The second-order valence-electron chi connectivity index (χ2n) is 9.55. The van der Waals surface area contributed by atoms with Crippen LogP contribution in [0.15, 0.2) is 18.2 Å². The van der Waals surface area contributed by atoms with E-state index >= 15 is 0 Å². The number of imide groups is 1. The average molecular weight is 450 g/mol. The van der Waals surface area contributed by atoms with Gasteiger partial charge in [0.1, 0.15) is 18.1 Å². The van der Waals surface area contributed by atoms with Crippen LogP contribution >= 0.6 is 0 Å². The molecule has 0 radical (unpaired) electrons. The van der Waals surface area contributed by atoms with Crippen LogP contribution in [-0.2, 0) is 14.4 Å². The SMILES string of the molecule is CNC(=O)C(NC(=O)CN1C(=O)NC2(CC(C)CC(C)(C)C2)C1=O)c1ccc(F)c(F)c1. The van der Waals surface area contributed by atoms with Gasteiger partial charge >= 0.3 is 6.03 Å². The third-order valence-electron chi connectivity index (χ3n) is 6.02. The molecule has 32 heavy (non-hydrogen) atoms. The van der Waals surface area contributed by atoms with Gasteiger partial charge in [0, 0.05) is 7.05 Å². The fourth-order valence-electron chi connectivity index (χ4n) is 5.14. The van der Waals surface area contributed by atoms with Gasteiger partial charge in [-0.15, -0.1) is 0 Å². The summed E-state index contributed by atoms with van der Waals surface area (Å²) in [6.07, 6.45) is 1.86. The summed E-state index contributed by atoms with van der Waals surface area (Å²) in [5.74, 6) is -3.97. The van der Waals surface area contributed by atoms with Gasteiger partial charge in [0.2, 0.25) is 11.8 Å². The van der Waals surface area contributed by atoms with E-state index in [9.17, 15) is 28.0 Å². The summed E-state index contributed by atoms with van der Waals surface area (Å²) in [7, 11) is 1.33. The van der Waals surface area contributed by atoms with Gasteiger partial charge in [0.15, 0.2) is 11.6 Å². The molecule has 3 unspecified atom stereocenters. The maximum Gasteiger partial charge on any atom is 0.325 e. The van der Waals surface area contributed by atoms with Crippen molar-refractivity contribution in [1.29, 1.82) is 0 Å². The third-order valence-corrected chi connectivity index (χ3v) is 6.02. The summed E-state index contributed by atoms with van der Waals surface area (Å²) in [6.45, 7) is 5.50. The number of hydrogen-bond acceptors (Lipinski definition) is 4. The molecule has 8 nitrogen and oxygen atoms in total. The van der Waals surface area contributed by atoms with E-state index in [-0.39, 0.29) is 16.9 Å². The first-order chi connectivity index (χ1) is 14.9. The zero-order valence-corrected chi connectivity index (χ0v) is 18.6. The second kappa shape index (κ2) is 8.48. The molecule has 2 aliphatic rings. The van der Waals surface area contributed by atoms with Crippen molar-refractivity contribution in [3.05, 3.63) is 35.4 Å². The predicted octanol–water partition coefficient (Wildman–Crippen LogP) is 2.00. The molecule has 3 N–H and O–H groups in total. The first-order valence-corrected chi connectivity index (χ1v) is 10.5.